The van der Waals surface area contributed by atoms with Crippen LogP contribution in [0.4, 0.5) is 5.69 Å². The normalized spacial score (nSPS) is 17.2. The molecule has 1 aromatic rings. The van der Waals surface area contributed by atoms with Crippen LogP contribution < -0.4 is 10.6 Å². The Bertz CT molecular complexity index is 325. The fourth-order valence-corrected chi connectivity index (χ4v) is 2.12. The first-order valence-corrected chi connectivity index (χ1v) is 6.34. The van der Waals surface area contributed by atoms with Crippen LogP contribution in [-0.2, 0) is 0 Å². The lowest BCUT2D eigenvalue weighted by atomic mass is 10.1. The highest BCUT2D eigenvalue weighted by molar-refractivity contribution is 5.50. The van der Waals surface area contributed by atoms with Crippen LogP contribution in [-0.4, -0.2) is 12.6 Å². The molecule has 2 rings (SSSR count). The van der Waals surface area contributed by atoms with E-state index >= 15 is 0 Å². The van der Waals surface area contributed by atoms with Crippen molar-refractivity contribution in [2.75, 3.05) is 11.4 Å². The van der Waals surface area contributed by atoms with Gasteiger partial charge in [-0.25, -0.2) is 0 Å². The molecule has 0 aromatic heterocycles. The Hall–Kier alpha value is -1.02. The number of nitrogens with two attached hydrogens (primary N) is 1. The summed E-state index contributed by atoms with van der Waals surface area (Å²) in [5.41, 5.74) is 8.43. The second-order valence-electron chi connectivity index (χ2n) is 4.80. The van der Waals surface area contributed by atoms with Crippen molar-refractivity contribution >= 4 is 5.69 Å². The molecule has 1 fully saturated rings. The summed E-state index contributed by atoms with van der Waals surface area (Å²) in [7, 11) is 0. The average Bonchev–Trinajstić information content (AvgIpc) is 3.10. The number of hydrogen-bond donors (Lipinski definition) is 1. The van der Waals surface area contributed by atoms with Gasteiger partial charge in [0, 0.05) is 24.3 Å². The van der Waals surface area contributed by atoms with Gasteiger partial charge in [0.15, 0.2) is 0 Å². The van der Waals surface area contributed by atoms with Crippen LogP contribution in [0.15, 0.2) is 24.3 Å². The maximum Gasteiger partial charge on any atom is 0.0368 e. The fourth-order valence-electron chi connectivity index (χ4n) is 2.12. The lowest BCUT2D eigenvalue weighted by Gasteiger charge is -2.24. The van der Waals surface area contributed by atoms with Crippen LogP contribution >= 0.6 is 0 Å². The highest BCUT2D eigenvalue weighted by atomic mass is 15.2. The third-order valence-corrected chi connectivity index (χ3v) is 3.20. The zero-order valence-corrected chi connectivity index (χ0v) is 10.3. The van der Waals surface area contributed by atoms with Crippen LogP contribution in [0.25, 0.3) is 0 Å². The topological polar surface area (TPSA) is 29.3 Å². The van der Waals surface area contributed by atoms with E-state index in [-0.39, 0.29) is 6.04 Å². The van der Waals surface area contributed by atoms with Crippen LogP contribution in [0.5, 0.6) is 0 Å². The molecule has 1 saturated carbocycles. The Morgan fingerprint density at radius 1 is 1.31 bits per heavy atom. The Kier molecular flexibility index (Phi) is 3.49. The Morgan fingerprint density at radius 2 is 1.94 bits per heavy atom. The molecular formula is C14H22N2. The zero-order chi connectivity index (χ0) is 11.5. The minimum absolute atomic E-state index is 0.134. The van der Waals surface area contributed by atoms with E-state index < -0.39 is 0 Å². The van der Waals surface area contributed by atoms with Crippen molar-refractivity contribution in [2.24, 2.45) is 5.73 Å². The molecule has 0 aliphatic heterocycles. The molecule has 0 heterocycles. The van der Waals surface area contributed by atoms with Crippen molar-refractivity contribution in [1.29, 1.82) is 0 Å². The molecule has 88 valence electrons. The molecule has 2 heteroatoms. The van der Waals surface area contributed by atoms with E-state index in [1.807, 2.05) is 6.92 Å². The molecule has 1 atom stereocenters. The van der Waals surface area contributed by atoms with Gasteiger partial charge in [0.1, 0.15) is 0 Å². The lowest BCUT2D eigenvalue weighted by Crippen LogP contribution is -2.26. The van der Waals surface area contributed by atoms with Crippen LogP contribution in [0, 0.1) is 0 Å². The predicted octanol–water partition coefficient (Wildman–Crippen LogP) is 3.09. The summed E-state index contributed by atoms with van der Waals surface area (Å²) < 4.78 is 0. The summed E-state index contributed by atoms with van der Waals surface area (Å²) in [5.74, 6) is 0. The van der Waals surface area contributed by atoms with Gasteiger partial charge in [-0.15, -0.1) is 0 Å². The monoisotopic (exact) mass is 218 g/mol. The maximum atomic E-state index is 5.86. The molecule has 0 saturated heterocycles. The first-order chi connectivity index (χ1) is 7.72. The molecule has 2 N–H and O–H groups in total. The van der Waals surface area contributed by atoms with Gasteiger partial charge in [-0.3, -0.25) is 0 Å². The predicted molar refractivity (Wildman–Crippen MR) is 69.7 cm³/mol. The molecular weight excluding hydrogens is 196 g/mol. The van der Waals surface area contributed by atoms with Gasteiger partial charge in [-0.1, -0.05) is 19.1 Å². The summed E-state index contributed by atoms with van der Waals surface area (Å²) in [4.78, 5) is 2.53. The van der Waals surface area contributed by atoms with Gasteiger partial charge in [-0.2, -0.15) is 0 Å². The molecule has 0 amide bonds. The van der Waals surface area contributed by atoms with Crippen molar-refractivity contribution in [1.82, 2.24) is 0 Å². The van der Waals surface area contributed by atoms with E-state index in [0.29, 0.717) is 0 Å². The molecule has 0 spiro atoms. The quantitative estimate of drug-likeness (QED) is 0.823. The smallest absolute Gasteiger partial charge is 0.0368 e. The summed E-state index contributed by atoms with van der Waals surface area (Å²) >= 11 is 0. The molecule has 0 radical (unpaired) electrons. The van der Waals surface area contributed by atoms with Gasteiger partial charge in [0.25, 0.3) is 0 Å². The van der Waals surface area contributed by atoms with E-state index in [4.69, 9.17) is 5.73 Å². The van der Waals surface area contributed by atoms with Crippen LogP contribution in [0.1, 0.15) is 44.7 Å². The first kappa shape index (κ1) is 11.5. The average molecular weight is 218 g/mol. The summed E-state index contributed by atoms with van der Waals surface area (Å²) in [6.45, 7) is 5.44. The molecule has 2 nitrogen and oxygen atoms in total. The maximum absolute atomic E-state index is 5.86. The highest BCUT2D eigenvalue weighted by Crippen LogP contribution is 2.32. The minimum Gasteiger partial charge on any atom is -0.369 e. The number of hydrogen-bond acceptors (Lipinski definition) is 2. The summed E-state index contributed by atoms with van der Waals surface area (Å²) in [6.07, 6.45) is 3.93. The number of anilines is 1. The molecule has 1 aliphatic carbocycles. The summed E-state index contributed by atoms with van der Waals surface area (Å²) in [5, 5.41) is 0. The highest BCUT2D eigenvalue weighted by Gasteiger charge is 2.28. The SMILES string of the molecule is CCCN(c1ccc(C(C)N)cc1)C1CC1. The number of nitrogens with zero attached hydrogens (tertiary/aromatic N) is 1. The summed E-state index contributed by atoms with van der Waals surface area (Å²) in [6, 6.07) is 9.67. The first-order valence-electron chi connectivity index (χ1n) is 6.34. The Labute approximate surface area is 98.4 Å². The minimum atomic E-state index is 0.134. The molecule has 1 unspecified atom stereocenters. The van der Waals surface area contributed by atoms with Crippen LogP contribution in [0.3, 0.4) is 0 Å². The number of rotatable bonds is 5. The van der Waals surface area contributed by atoms with Gasteiger partial charge < -0.3 is 10.6 Å². The van der Waals surface area contributed by atoms with E-state index in [1.54, 1.807) is 0 Å². The Morgan fingerprint density at radius 3 is 2.38 bits per heavy atom. The van der Waals surface area contributed by atoms with E-state index in [0.717, 1.165) is 6.04 Å². The van der Waals surface area contributed by atoms with E-state index in [1.165, 1.54) is 37.1 Å². The largest absolute Gasteiger partial charge is 0.369 e. The molecule has 1 aliphatic rings. The third-order valence-electron chi connectivity index (χ3n) is 3.20. The molecule has 1 aromatic carbocycles. The molecule has 0 bridgehead atoms. The standard InChI is InChI=1S/C14H22N2/c1-3-10-16(14-8-9-14)13-6-4-12(5-7-13)11(2)15/h4-7,11,14H,3,8-10,15H2,1-2H3. The van der Waals surface area contributed by atoms with Crippen molar-refractivity contribution in [2.45, 2.75) is 45.2 Å². The number of benzene rings is 1. The lowest BCUT2D eigenvalue weighted by molar-refractivity contribution is 0.761. The zero-order valence-electron chi connectivity index (χ0n) is 10.3. The van der Waals surface area contributed by atoms with Gasteiger partial charge in [-0.05, 0) is 43.9 Å². The molecule has 16 heavy (non-hydrogen) atoms. The second-order valence-corrected chi connectivity index (χ2v) is 4.80. The van der Waals surface area contributed by atoms with Gasteiger partial charge in [0.2, 0.25) is 0 Å². The fraction of sp³-hybridized carbons (Fsp3) is 0.571. The van der Waals surface area contributed by atoms with Gasteiger partial charge >= 0.3 is 0 Å². The van der Waals surface area contributed by atoms with E-state index in [9.17, 15) is 0 Å². The van der Waals surface area contributed by atoms with Crippen molar-refractivity contribution < 1.29 is 0 Å². The van der Waals surface area contributed by atoms with E-state index in [2.05, 4.69) is 36.1 Å². The van der Waals surface area contributed by atoms with Crippen molar-refractivity contribution in [3.63, 3.8) is 0 Å². The van der Waals surface area contributed by atoms with Crippen molar-refractivity contribution in [3.8, 4) is 0 Å². The third kappa shape index (κ3) is 2.56. The van der Waals surface area contributed by atoms with Crippen molar-refractivity contribution in [3.05, 3.63) is 29.8 Å². The Balaban J connectivity index is 2.11. The van der Waals surface area contributed by atoms with Crippen LogP contribution in [0.2, 0.25) is 0 Å². The second kappa shape index (κ2) is 4.88. The van der Waals surface area contributed by atoms with Gasteiger partial charge in [0.05, 0.1) is 0 Å².